The SMILES string of the molecule is CO/C1=C\C(C)=C\[C@@H](C)C(=O)[C@@H](C)C/C(C)=C/C=C/[C@H](OC)[C@@H]([C@@H](C)[C@@H](O[Si](C)(C)C(C)(C)C)[C@H](C)[C@@H](C)O)OC1=O. The molecule has 0 aromatic rings. The molecule has 1 aliphatic rings. The van der Waals surface area contributed by atoms with Crippen LogP contribution in [0.25, 0.3) is 0 Å². The van der Waals surface area contributed by atoms with Crippen molar-refractivity contribution in [2.45, 2.75) is 118 Å². The van der Waals surface area contributed by atoms with Gasteiger partial charge >= 0.3 is 5.97 Å². The van der Waals surface area contributed by atoms with Crippen LogP contribution in [0.3, 0.4) is 0 Å². The van der Waals surface area contributed by atoms with Gasteiger partial charge in [-0.15, -0.1) is 0 Å². The molecule has 42 heavy (non-hydrogen) atoms. The summed E-state index contributed by atoms with van der Waals surface area (Å²) in [7, 11) is 0.731. The van der Waals surface area contributed by atoms with Crippen LogP contribution < -0.4 is 0 Å². The van der Waals surface area contributed by atoms with Gasteiger partial charge in [-0.25, -0.2) is 4.79 Å². The maximum atomic E-state index is 13.6. The zero-order valence-corrected chi connectivity index (χ0v) is 29.6. The third-order valence-electron chi connectivity index (χ3n) is 8.93. The number of allylic oxidation sites excluding steroid dienone is 6. The number of hydrogen-bond donors (Lipinski definition) is 1. The fraction of sp³-hybridized carbons (Fsp3) is 0.706. The van der Waals surface area contributed by atoms with Crippen LogP contribution in [0.4, 0.5) is 0 Å². The quantitative estimate of drug-likeness (QED) is 0.231. The standard InChI is InChI=1S/C34H58O7Si/c1-21-16-15-17-28(38-11)32(26(6)31(25(5)27(7)35)41-42(13,14)34(8,9)10)40-33(37)29(39-12)20-22(2)19-24(4)30(36)23(3)18-21/h15-17,19-20,23-28,31-32,35H,18H2,1-14H3/b17-15+,21-16+,22-19+,29-20-/t23-,24+,25+,26-,27+,28-,31-,32+/m0/s1. The minimum Gasteiger partial charge on any atom is -0.490 e. The number of ether oxygens (including phenoxy) is 3. The summed E-state index contributed by atoms with van der Waals surface area (Å²) in [4.78, 5) is 26.6. The molecule has 8 atom stereocenters. The summed E-state index contributed by atoms with van der Waals surface area (Å²) in [5.74, 6) is -1.53. The van der Waals surface area contributed by atoms with E-state index in [4.69, 9.17) is 18.6 Å². The molecule has 240 valence electrons. The Morgan fingerprint density at radius 2 is 1.67 bits per heavy atom. The van der Waals surface area contributed by atoms with Crippen molar-refractivity contribution in [2.24, 2.45) is 23.7 Å². The molecule has 0 amide bonds. The van der Waals surface area contributed by atoms with Gasteiger partial charge in [0.15, 0.2) is 8.32 Å². The van der Waals surface area contributed by atoms with Crippen LogP contribution in [0.5, 0.6) is 0 Å². The molecule has 0 fully saturated rings. The highest BCUT2D eigenvalue weighted by molar-refractivity contribution is 6.74. The molecular formula is C34H58O7Si. The molecule has 1 rings (SSSR count). The van der Waals surface area contributed by atoms with Gasteiger partial charge in [0, 0.05) is 30.8 Å². The fourth-order valence-electron chi connectivity index (χ4n) is 5.01. The summed E-state index contributed by atoms with van der Waals surface area (Å²) in [6.07, 6.45) is 7.41. The third-order valence-corrected chi connectivity index (χ3v) is 13.4. The van der Waals surface area contributed by atoms with E-state index in [0.29, 0.717) is 6.42 Å². The number of Topliss-reactive ketones (excluding diaryl/α,β-unsaturated/α-hetero) is 1. The zero-order valence-electron chi connectivity index (χ0n) is 28.6. The van der Waals surface area contributed by atoms with Crippen LogP contribution in [0.15, 0.2) is 47.3 Å². The summed E-state index contributed by atoms with van der Waals surface area (Å²) in [6, 6.07) is 0. The van der Waals surface area contributed by atoms with Crippen molar-refractivity contribution in [3.05, 3.63) is 47.3 Å². The van der Waals surface area contributed by atoms with Crippen molar-refractivity contribution in [2.75, 3.05) is 14.2 Å². The lowest BCUT2D eigenvalue weighted by molar-refractivity contribution is -0.162. The van der Waals surface area contributed by atoms with E-state index in [1.807, 2.05) is 65.8 Å². The normalized spacial score (nSPS) is 31.3. The van der Waals surface area contributed by atoms with Gasteiger partial charge in [-0.3, -0.25) is 4.79 Å². The highest BCUT2D eigenvalue weighted by Gasteiger charge is 2.45. The number of methoxy groups -OCH3 is 2. The van der Waals surface area contributed by atoms with Crippen LogP contribution in [0.1, 0.15) is 75.7 Å². The number of hydrogen-bond acceptors (Lipinski definition) is 7. The first kappa shape index (κ1) is 38.0. The van der Waals surface area contributed by atoms with Crippen molar-refractivity contribution in [3.8, 4) is 0 Å². The Bertz CT molecular complexity index is 1030. The Morgan fingerprint density at radius 1 is 1.07 bits per heavy atom. The highest BCUT2D eigenvalue weighted by Crippen LogP contribution is 2.40. The van der Waals surface area contributed by atoms with E-state index in [0.717, 1.165) is 11.1 Å². The first-order valence-electron chi connectivity index (χ1n) is 15.2. The van der Waals surface area contributed by atoms with Crippen molar-refractivity contribution in [1.82, 2.24) is 0 Å². The van der Waals surface area contributed by atoms with Crippen molar-refractivity contribution in [1.29, 1.82) is 0 Å². The third kappa shape index (κ3) is 10.6. The molecule has 1 aliphatic heterocycles. The first-order valence-corrected chi connectivity index (χ1v) is 18.1. The average Bonchev–Trinajstić information content (AvgIpc) is 2.88. The summed E-state index contributed by atoms with van der Waals surface area (Å²) < 4.78 is 24.5. The molecule has 1 heterocycles. The van der Waals surface area contributed by atoms with Crippen LogP contribution in [0, 0.1) is 23.7 Å². The van der Waals surface area contributed by atoms with Crippen LogP contribution in [-0.2, 0) is 28.2 Å². The summed E-state index contributed by atoms with van der Waals surface area (Å²) >= 11 is 0. The molecule has 0 aliphatic carbocycles. The molecule has 0 aromatic carbocycles. The van der Waals surface area contributed by atoms with E-state index < -0.39 is 38.7 Å². The van der Waals surface area contributed by atoms with Crippen LogP contribution in [-0.4, -0.2) is 63.8 Å². The van der Waals surface area contributed by atoms with E-state index in [9.17, 15) is 14.7 Å². The van der Waals surface area contributed by atoms with Crippen molar-refractivity contribution < 1.29 is 33.3 Å². The molecule has 7 nitrogen and oxygen atoms in total. The van der Waals surface area contributed by atoms with E-state index in [1.54, 1.807) is 20.1 Å². The van der Waals surface area contributed by atoms with Crippen LogP contribution >= 0.6 is 0 Å². The molecule has 0 saturated carbocycles. The monoisotopic (exact) mass is 606 g/mol. The van der Waals surface area contributed by atoms with Crippen molar-refractivity contribution in [3.63, 3.8) is 0 Å². The topological polar surface area (TPSA) is 91.3 Å². The number of aliphatic hydroxyl groups excluding tert-OH is 1. The average molecular weight is 607 g/mol. The highest BCUT2D eigenvalue weighted by atomic mass is 28.4. The maximum absolute atomic E-state index is 13.6. The lowest BCUT2D eigenvalue weighted by Gasteiger charge is -2.45. The maximum Gasteiger partial charge on any atom is 0.373 e. The minimum absolute atomic E-state index is 0.0285. The van der Waals surface area contributed by atoms with Crippen LogP contribution in [0.2, 0.25) is 18.1 Å². The van der Waals surface area contributed by atoms with Gasteiger partial charge in [-0.05, 0) is 51.4 Å². The second-order valence-corrected chi connectivity index (χ2v) is 18.4. The van der Waals surface area contributed by atoms with Gasteiger partial charge in [0.2, 0.25) is 5.76 Å². The van der Waals surface area contributed by atoms with E-state index in [2.05, 4.69) is 33.9 Å². The first-order chi connectivity index (χ1) is 19.3. The molecule has 1 N–H and O–H groups in total. The van der Waals surface area contributed by atoms with Gasteiger partial charge < -0.3 is 23.7 Å². The lowest BCUT2D eigenvalue weighted by atomic mass is 9.84. The minimum atomic E-state index is -2.28. The molecule has 0 unspecified atom stereocenters. The largest absolute Gasteiger partial charge is 0.490 e. The Balaban J connectivity index is 3.77. The van der Waals surface area contributed by atoms with Gasteiger partial charge in [-0.2, -0.15) is 0 Å². The number of esters is 1. The lowest BCUT2D eigenvalue weighted by Crippen LogP contribution is -2.53. The Labute approximate surface area is 256 Å². The predicted octanol–water partition coefficient (Wildman–Crippen LogP) is 7.18. The Hall–Kier alpha value is -2.00. The molecular weight excluding hydrogens is 548 g/mol. The molecule has 8 heteroatoms. The number of rotatable bonds is 8. The molecule has 0 spiro atoms. The number of cyclic esters (lactones) is 1. The van der Waals surface area contributed by atoms with E-state index >= 15 is 0 Å². The van der Waals surface area contributed by atoms with Gasteiger partial charge in [-0.1, -0.05) is 83.9 Å². The summed E-state index contributed by atoms with van der Waals surface area (Å²) in [5.41, 5.74) is 1.79. The summed E-state index contributed by atoms with van der Waals surface area (Å²) in [5, 5.41) is 10.6. The second-order valence-electron chi connectivity index (χ2n) is 13.7. The smallest absolute Gasteiger partial charge is 0.373 e. The van der Waals surface area contributed by atoms with E-state index in [1.165, 1.54) is 7.11 Å². The zero-order chi connectivity index (χ0) is 32.6. The number of aliphatic hydroxyl groups is 1. The van der Waals surface area contributed by atoms with Gasteiger partial charge in [0.25, 0.3) is 0 Å². The second kappa shape index (κ2) is 16.2. The molecule has 0 saturated heterocycles. The van der Waals surface area contributed by atoms with Gasteiger partial charge in [0.05, 0.1) is 19.3 Å². The molecule has 0 bridgehead atoms. The summed E-state index contributed by atoms with van der Waals surface area (Å²) in [6.45, 7) is 24.3. The molecule has 0 aromatic heterocycles. The molecule has 0 radical (unpaired) electrons. The van der Waals surface area contributed by atoms with Gasteiger partial charge in [0.1, 0.15) is 18.0 Å². The van der Waals surface area contributed by atoms with E-state index in [-0.39, 0.29) is 40.3 Å². The van der Waals surface area contributed by atoms with Crippen molar-refractivity contribution >= 4 is 20.1 Å². The fourth-order valence-corrected chi connectivity index (χ4v) is 6.47. The number of ketones is 1. The Morgan fingerprint density at radius 3 is 2.17 bits per heavy atom. The number of carbonyl (C=O) groups is 2. The number of carbonyl (C=O) groups excluding carboxylic acids is 2. The Kier molecular flexibility index (Phi) is 14.6. The predicted molar refractivity (Wildman–Crippen MR) is 172 cm³/mol.